The largest absolute Gasteiger partial charge is 0.416 e. The molecule has 3 heteroatoms. The van der Waals surface area contributed by atoms with E-state index in [9.17, 15) is 13.2 Å². The van der Waals surface area contributed by atoms with E-state index in [1.54, 1.807) is 6.08 Å². The molecule has 1 aliphatic rings. The summed E-state index contributed by atoms with van der Waals surface area (Å²) in [7, 11) is 0. The average Bonchev–Trinajstić information content (AvgIpc) is 2.61. The van der Waals surface area contributed by atoms with Crippen molar-refractivity contribution in [1.82, 2.24) is 0 Å². The van der Waals surface area contributed by atoms with Crippen LogP contribution in [0.5, 0.6) is 0 Å². The number of benzene rings is 2. The first kappa shape index (κ1) is 16.6. The van der Waals surface area contributed by atoms with Gasteiger partial charge in [0.15, 0.2) is 0 Å². The van der Waals surface area contributed by atoms with E-state index in [0.29, 0.717) is 6.42 Å². The lowest BCUT2D eigenvalue weighted by atomic mass is 9.87. The first-order valence-electron chi connectivity index (χ1n) is 8.13. The van der Waals surface area contributed by atoms with E-state index in [1.807, 2.05) is 36.4 Å². The number of alkyl halides is 3. The molecular weight excluding hydrogens is 309 g/mol. The summed E-state index contributed by atoms with van der Waals surface area (Å²) in [4.78, 5) is 0. The molecule has 0 saturated heterocycles. The van der Waals surface area contributed by atoms with Crippen LogP contribution in [0.15, 0.2) is 72.3 Å². The Bertz CT molecular complexity index is 782. The van der Waals surface area contributed by atoms with Gasteiger partial charge in [-0.1, -0.05) is 73.7 Å². The Morgan fingerprint density at radius 2 is 1.83 bits per heavy atom. The van der Waals surface area contributed by atoms with Gasteiger partial charge in [0.2, 0.25) is 0 Å². The van der Waals surface area contributed by atoms with Gasteiger partial charge >= 0.3 is 6.18 Å². The van der Waals surface area contributed by atoms with Crippen LogP contribution in [0.3, 0.4) is 0 Å². The summed E-state index contributed by atoms with van der Waals surface area (Å²) in [6.45, 7) is 2.10. The van der Waals surface area contributed by atoms with Crippen LogP contribution < -0.4 is 0 Å². The molecule has 3 rings (SSSR count). The van der Waals surface area contributed by atoms with E-state index in [-0.39, 0.29) is 5.92 Å². The highest BCUT2D eigenvalue weighted by molar-refractivity contribution is 5.68. The summed E-state index contributed by atoms with van der Waals surface area (Å²) in [6, 6.07) is 16.0. The number of halogens is 3. The van der Waals surface area contributed by atoms with Crippen LogP contribution in [0.4, 0.5) is 13.2 Å². The first-order valence-corrected chi connectivity index (χ1v) is 8.13. The molecule has 124 valence electrons. The van der Waals surface area contributed by atoms with Gasteiger partial charge in [0.25, 0.3) is 0 Å². The molecule has 0 radical (unpaired) electrons. The maximum absolute atomic E-state index is 13.0. The summed E-state index contributed by atoms with van der Waals surface area (Å²) in [5.74, 6) is -0.236. The molecule has 1 atom stereocenters. The van der Waals surface area contributed by atoms with Gasteiger partial charge in [-0.3, -0.25) is 0 Å². The zero-order valence-electron chi connectivity index (χ0n) is 13.5. The lowest BCUT2D eigenvalue weighted by molar-refractivity contribution is -0.0887. The van der Waals surface area contributed by atoms with Crippen molar-refractivity contribution in [1.29, 1.82) is 0 Å². The Hall–Kier alpha value is -2.29. The SMILES string of the molecule is CCc1ccccc1-c1cccc(C2C=C(C(F)(F)F)C=CC2)c1. The van der Waals surface area contributed by atoms with Gasteiger partial charge in [-0.25, -0.2) is 0 Å². The second-order valence-corrected chi connectivity index (χ2v) is 6.00. The van der Waals surface area contributed by atoms with Crippen molar-refractivity contribution in [2.45, 2.75) is 31.9 Å². The number of rotatable bonds is 3. The van der Waals surface area contributed by atoms with Crippen LogP contribution in [-0.2, 0) is 6.42 Å². The number of hydrogen-bond donors (Lipinski definition) is 0. The van der Waals surface area contributed by atoms with Gasteiger partial charge < -0.3 is 0 Å². The number of allylic oxidation sites excluding steroid dienone is 4. The predicted molar refractivity (Wildman–Crippen MR) is 91.9 cm³/mol. The van der Waals surface area contributed by atoms with Crippen molar-refractivity contribution in [3.05, 3.63) is 83.5 Å². The molecular formula is C21H19F3. The molecule has 0 fully saturated rings. The van der Waals surface area contributed by atoms with Gasteiger partial charge in [-0.05, 0) is 35.1 Å². The summed E-state index contributed by atoms with van der Waals surface area (Å²) < 4.78 is 38.9. The van der Waals surface area contributed by atoms with Crippen molar-refractivity contribution in [2.75, 3.05) is 0 Å². The maximum Gasteiger partial charge on any atom is 0.416 e. The summed E-state index contributed by atoms with van der Waals surface area (Å²) in [6.07, 6.45) is 1.35. The Kier molecular flexibility index (Phi) is 4.61. The normalized spacial score (nSPS) is 17.7. The highest BCUT2D eigenvalue weighted by atomic mass is 19.4. The van der Waals surface area contributed by atoms with Crippen molar-refractivity contribution in [3.63, 3.8) is 0 Å². The second kappa shape index (κ2) is 6.68. The minimum atomic E-state index is -4.29. The lowest BCUT2D eigenvalue weighted by Gasteiger charge is -2.19. The van der Waals surface area contributed by atoms with E-state index >= 15 is 0 Å². The van der Waals surface area contributed by atoms with Crippen molar-refractivity contribution in [3.8, 4) is 11.1 Å². The van der Waals surface area contributed by atoms with E-state index in [1.165, 1.54) is 17.7 Å². The van der Waals surface area contributed by atoms with Crippen LogP contribution in [-0.4, -0.2) is 6.18 Å². The molecule has 0 nitrogen and oxygen atoms in total. The molecule has 0 aliphatic heterocycles. The molecule has 24 heavy (non-hydrogen) atoms. The Labute approximate surface area is 140 Å². The Morgan fingerprint density at radius 3 is 2.58 bits per heavy atom. The molecule has 1 unspecified atom stereocenters. The van der Waals surface area contributed by atoms with Gasteiger partial charge in [0.1, 0.15) is 0 Å². The standard InChI is InChI=1S/C21H19F3/c1-2-15-7-3-4-12-20(15)18-10-5-8-16(13-18)17-9-6-11-19(14-17)21(22,23)24/h3-8,10-14,17H,2,9H2,1H3. The second-order valence-electron chi connectivity index (χ2n) is 6.00. The third kappa shape index (κ3) is 3.45. The fourth-order valence-electron chi connectivity index (χ4n) is 3.15. The average molecular weight is 328 g/mol. The summed E-state index contributed by atoms with van der Waals surface area (Å²) in [5, 5.41) is 0. The van der Waals surface area contributed by atoms with Crippen LogP contribution in [0.1, 0.15) is 30.4 Å². The van der Waals surface area contributed by atoms with Gasteiger partial charge in [0, 0.05) is 5.92 Å². The molecule has 0 spiro atoms. The lowest BCUT2D eigenvalue weighted by Crippen LogP contribution is -2.13. The topological polar surface area (TPSA) is 0 Å². The zero-order chi connectivity index (χ0) is 17.2. The van der Waals surface area contributed by atoms with E-state index in [0.717, 1.165) is 23.1 Å². The minimum Gasteiger partial charge on any atom is -0.166 e. The molecule has 0 saturated carbocycles. The quantitative estimate of drug-likeness (QED) is 0.607. The zero-order valence-corrected chi connectivity index (χ0v) is 13.5. The molecule has 1 aliphatic carbocycles. The molecule has 2 aromatic rings. The number of hydrogen-bond acceptors (Lipinski definition) is 0. The van der Waals surface area contributed by atoms with E-state index in [2.05, 4.69) is 19.1 Å². The smallest absolute Gasteiger partial charge is 0.166 e. The molecule has 0 bridgehead atoms. The first-order chi connectivity index (χ1) is 11.5. The van der Waals surface area contributed by atoms with Gasteiger partial charge in [-0.15, -0.1) is 0 Å². The minimum absolute atomic E-state index is 0.236. The van der Waals surface area contributed by atoms with Crippen molar-refractivity contribution < 1.29 is 13.2 Å². The third-order valence-electron chi connectivity index (χ3n) is 4.42. The van der Waals surface area contributed by atoms with Crippen molar-refractivity contribution in [2.24, 2.45) is 0 Å². The summed E-state index contributed by atoms with van der Waals surface area (Å²) in [5.41, 5.74) is 3.81. The molecule has 2 aromatic carbocycles. The van der Waals surface area contributed by atoms with Crippen LogP contribution in [0.2, 0.25) is 0 Å². The number of aryl methyl sites for hydroxylation is 1. The monoisotopic (exact) mass is 328 g/mol. The van der Waals surface area contributed by atoms with Gasteiger partial charge in [-0.2, -0.15) is 13.2 Å². The van der Waals surface area contributed by atoms with Crippen molar-refractivity contribution >= 4 is 0 Å². The van der Waals surface area contributed by atoms with Crippen LogP contribution in [0, 0.1) is 0 Å². The Morgan fingerprint density at radius 1 is 1.04 bits per heavy atom. The molecule has 0 amide bonds. The molecule has 0 heterocycles. The third-order valence-corrected chi connectivity index (χ3v) is 4.42. The van der Waals surface area contributed by atoms with Crippen LogP contribution >= 0.6 is 0 Å². The van der Waals surface area contributed by atoms with E-state index in [4.69, 9.17) is 0 Å². The predicted octanol–water partition coefficient (Wildman–Crippen LogP) is 6.45. The molecule has 0 aromatic heterocycles. The van der Waals surface area contributed by atoms with E-state index < -0.39 is 11.7 Å². The Balaban J connectivity index is 1.97. The van der Waals surface area contributed by atoms with Gasteiger partial charge in [0.05, 0.1) is 5.57 Å². The summed E-state index contributed by atoms with van der Waals surface area (Å²) >= 11 is 0. The fraction of sp³-hybridized carbons (Fsp3) is 0.238. The highest BCUT2D eigenvalue weighted by Crippen LogP contribution is 2.36. The fourth-order valence-corrected chi connectivity index (χ4v) is 3.15. The molecule has 0 N–H and O–H groups in total. The van der Waals surface area contributed by atoms with Crippen LogP contribution in [0.25, 0.3) is 11.1 Å². The highest BCUT2D eigenvalue weighted by Gasteiger charge is 2.33. The maximum atomic E-state index is 13.0.